The lowest BCUT2D eigenvalue weighted by Crippen LogP contribution is -2.30. The predicted octanol–water partition coefficient (Wildman–Crippen LogP) is 8.50. The minimum absolute atomic E-state index is 0.0750. The molecule has 0 spiro atoms. The summed E-state index contributed by atoms with van der Waals surface area (Å²) >= 11 is 0. The Morgan fingerprint density at radius 3 is 1.76 bits per heavy atom. The zero-order valence-corrected chi connectivity index (χ0v) is 34.7. The van der Waals surface area contributed by atoms with Gasteiger partial charge in [-0.1, -0.05) is 114 Å². The number of aliphatic hydroxyl groups excluding tert-OH is 4. The van der Waals surface area contributed by atoms with E-state index >= 15 is 0 Å². The number of allylic oxidation sites excluding steroid dienone is 7. The topological polar surface area (TPSA) is 189 Å². The molecule has 12 nitrogen and oxygen atoms in total. The lowest BCUT2D eigenvalue weighted by atomic mass is 10.0. The second-order valence-corrected chi connectivity index (χ2v) is 15.4. The summed E-state index contributed by atoms with van der Waals surface area (Å²) in [6.07, 6.45) is 31.1. The molecular weight excluding hydrogens is 727 g/mol. The van der Waals surface area contributed by atoms with Crippen molar-refractivity contribution in [1.29, 1.82) is 0 Å². The van der Waals surface area contributed by atoms with E-state index in [2.05, 4.69) is 54.8 Å². The first kappa shape index (κ1) is 52.9. The average Bonchev–Trinajstić information content (AvgIpc) is 3.17. The third-order valence-corrected chi connectivity index (χ3v) is 9.61. The summed E-state index contributed by atoms with van der Waals surface area (Å²) in [6.45, 7) is 1.98. The van der Waals surface area contributed by atoms with Crippen LogP contribution in [0.1, 0.15) is 155 Å². The summed E-state index contributed by atoms with van der Waals surface area (Å²) in [5.74, 6) is -1.22. The van der Waals surface area contributed by atoms with Gasteiger partial charge in [-0.3, -0.25) is 18.6 Å². The quantitative estimate of drug-likeness (QED) is 0.0174. The molecule has 5 N–H and O–H groups in total. The lowest BCUT2D eigenvalue weighted by molar-refractivity contribution is -0.161. The van der Waals surface area contributed by atoms with Crippen molar-refractivity contribution in [3.63, 3.8) is 0 Å². The maximum atomic E-state index is 12.6. The van der Waals surface area contributed by atoms with E-state index in [0.29, 0.717) is 6.42 Å². The van der Waals surface area contributed by atoms with Gasteiger partial charge in [0.2, 0.25) is 0 Å². The summed E-state index contributed by atoms with van der Waals surface area (Å²) in [5, 5.41) is 38.9. The Kier molecular flexibility index (Phi) is 36.0. The molecule has 0 saturated heterocycles. The van der Waals surface area contributed by atoms with E-state index in [1.807, 2.05) is 12.2 Å². The normalized spacial score (nSPS) is 15.5. The highest BCUT2D eigenvalue weighted by Gasteiger charge is 2.27. The molecule has 5 atom stereocenters. The number of phosphoric ester groups is 1. The van der Waals surface area contributed by atoms with Crippen LogP contribution in [0, 0.1) is 0 Å². The molecule has 0 bridgehead atoms. The van der Waals surface area contributed by atoms with Gasteiger partial charge in [0.25, 0.3) is 0 Å². The summed E-state index contributed by atoms with van der Waals surface area (Å²) in [7, 11) is -4.69. The van der Waals surface area contributed by atoms with Crippen LogP contribution in [0.15, 0.2) is 48.6 Å². The van der Waals surface area contributed by atoms with E-state index in [1.165, 1.54) is 44.9 Å². The van der Waals surface area contributed by atoms with Gasteiger partial charge >= 0.3 is 19.8 Å². The van der Waals surface area contributed by atoms with Crippen LogP contribution in [-0.2, 0) is 32.7 Å². The first-order valence-electron chi connectivity index (χ1n) is 20.8. The van der Waals surface area contributed by atoms with Gasteiger partial charge in [0.1, 0.15) is 12.7 Å². The zero-order chi connectivity index (χ0) is 40.8. The third kappa shape index (κ3) is 36.0. The summed E-state index contributed by atoms with van der Waals surface area (Å²) in [4.78, 5) is 35.0. The molecule has 0 aliphatic rings. The molecule has 0 heterocycles. The minimum atomic E-state index is -4.69. The molecular formula is C42H75O12P. The number of aliphatic hydroxyl groups is 4. The molecule has 0 amide bonds. The van der Waals surface area contributed by atoms with E-state index in [0.717, 1.165) is 57.8 Å². The van der Waals surface area contributed by atoms with Gasteiger partial charge in [0, 0.05) is 12.8 Å². The fourth-order valence-corrected chi connectivity index (χ4v) is 6.06. The first-order chi connectivity index (χ1) is 26.5. The van der Waals surface area contributed by atoms with Gasteiger partial charge in [-0.15, -0.1) is 0 Å². The number of unbranched alkanes of at least 4 members (excludes halogenated alkanes) is 12. The van der Waals surface area contributed by atoms with Gasteiger partial charge in [0.05, 0.1) is 32.0 Å². The average molecular weight is 803 g/mol. The highest BCUT2D eigenvalue weighted by molar-refractivity contribution is 7.47. The monoisotopic (exact) mass is 802 g/mol. The minimum Gasteiger partial charge on any atom is -0.462 e. The van der Waals surface area contributed by atoms with Crippen molar-refractivity contribution in [2.24, 2.45) is 0 Å². The Morgan fingerprint density at radius 1 is 0.600 bits per heavy atom. The molecule has 0 rings (SSSR count). The molecule has 3 unspecified atom stereocenters. The largest absolute Gasteiger partial charge is 0.472 e. The first-order valence-corrected chi connectivity index (χ1v) is 22.3. The van der Waals surface area contributed by atoms with E-state index in [1.54, 1.807) is 0 Å². The maximum Gasteiger partial charge on any atom is 0.472 e. The fraction of sp³-hybridized carbons (Fsp3) is 0.762. The standard InChI is InChI=1S/C42H75O12P/c1-3-5-7-9-11-13-15-17-19-21-23-25-27-31-42(48)54-38(36-53-55(49,50)52-34-37(44)33-43)35-51-41(47)32-28-30-40(46)39(45)29-26-24-22-20-18-16-14-12-10-8-6-4-2/h12-15,18,20,24,26,37-40,43-46H,3-11,16-17,19,21-23,25,27-36H2,1-2H3,(H,49,50)/b14-12-,15-13-,20-18-,26-24-/t37-,38+,39?,40?/m0/s1. The SMILES string of the molecule is CCCCC/C=C\C/C=C\C/C=C\CC(O)C(O)CCCC(=O)OC[C@H](COP(=O)(O)OC[C@@H](O)CO)OC(=O)CCCCCCC/C=C\CCCCCC. The highest BCUT2D eigenvalue weighted by Crippen LogP contribution is 2.43. The molecule has 0 aromatic heterocycles. The van der Waals surface area contributed by atoms with Crippen molar-refractivity contribution < 1.29 is 58.0 Å². The second kappa shape index (κ2) is 37.4. The summed E-state index contributed by atoms with van der Waals surface area (Å²) in [6, 6.07) is 0. The van der Waals surface area contributed by atoms with Crippen LogP contribution in [0.5, 0.6) is 0 Å². The predicted molar refractivity (Wildman–Crippen MR) is 217 cm³/mol. The van der Waals surface area contributed by atoms with Crippen LogP contribution < -0.4 is 0 Å². The second-order valence-electron chi connectivity index (χ2n) is 14.0. The highest BCUT2D eigenvalue weighted by atomic mass is 31.2. The van der Waals surface area contributed by atoms with Crippen LogP contribution in [0.4, 0.5) is 0 Å². The number of carbonyl (C=O) groups is 2. The van der Waals surface area contributed by atoms with Crippen molar-refractivity contribution in [3.8, 4) is 0 Å². The Morgan fingerprint density at radius 2 is 1.11 bits per heavy atom. The molecule has 0 aromatic rings. The number of phosphoric acid groups is 1. The molecule has 0 aliphatic carbocycles. The van der Waals surface area contributed by atoms with Crippen molar-refractivity contribution >= 4 is 19.8 Å². The molecule has 0 aromatic carbocycles. The number of hydrogen-bond donors (Lipinski definition) is 5. The van der Waals surface area contributed by atoms with E-state index in [9.17, 15) is 34.4 Å². The van der Waals surface area contributed by atoms with Crippen LogP contribution in [0.25, 0.3) is 0 Å². The van der Waals surface area contributed by atoms with Crippen LogP contribution >= 0.6 is 7.82 Å². The molecule has 13 heteroatoms. The van der Waals surface area contributed by atoms with Gasteiger partial charge in [-0.2, -0.15) is 0 Å². The van der Waals surface area contributed by atoms with E-state index in [4.69, 9.17) is 19.1 Å². The molecule has 0 radical (unpaired) electrons. The molecule has 0 fully saturated rings. The van der Waals surface area contributed by atoms with Crippen molar-refractivity contribution in [2.75, 3.05) is 26.4 Å². The number of ether oxygens (including phenoxy) is 2. The number of hydrogen-bond acceptors (Lipinski definition) is 11. The van der Waals surface area contributed by atoms with Gasteiger partial charge < -0.3 is 34.8 Å². The fourth-order valence-electron chi connectivity index (χ4n) is 5.27. The number of carbonyl (C=O) groups excluding carboxylic acids is 2. The number of rotatable bonds is 38. The molecule has 320 valence electrons. The van der Waals surface area contributed by atoms with Crippen LogP contribution in [-0.4, -0.2) is 88.1 Å². The lowest BCUT2D eigenvalue weighted by Gasteiger charge is -2.20. The van der Waals surface area contributed by atoms with E-state index < -0.39 is 70.6 Å². The molecule has 0 saturated carbocycles. The number of esters is 2. The van der Waals surface area contributed by atoms with Crippen LogP contribution in [0.2, 0.25) is 0 Å². The Balaban J connectivity index is 4.59. The maximum absolute atomic E-state index is 12.6. The van der Waals surface area contributed by atoms with Crippen molar-refractivity contribution in [3.05, 3.63) is 48.6 Å². The van der Waals surface area contributed by atoms with Crippen molar-refractivity contribution in [2.45, 2.75) is 180 Å². The van der Waals surface area contributed by atoms with Gasteiger partial charge in [0.15, 0.2) is 6.10 Å². The Hall–Kier alpha value is -2.15. The summed E-state index contributed by atoms with van der Waals surface area (Å²) < 4.78 is 32.4. The summed E-state index contributed by atoms with van der Waals surface area (Å²) in [5.41, 5.74) is 0. The van der Waals surface area contributed by atoms with Gasteiger partial charge in [-0.25, -0.2) is 4.57 Å². The van der Waals surface area contributed by atoms with Crippen LogP contribution in [0.3, 0.4) is 0 Å². The zero-order valence-electron chi connectivity index (χ0n) is 33.9. The Bertz CT molecular complexity index is 1090. The van der Waals surface area contributed by atoms with Gasteiger partial charge in [-0.05, 0) is 77.0 Å². The van der Waals surface area contributed by atoms with E-state index in [-0.39, 0.29) is 32.1 Å². The third-order valence-electron chi connectivity index (χ3n) is 8.66. The Labute approximate surface area is 331 Å². The molecule has 0 aliphatic heterocycles. The van der Waals surface area contributed by atoms with Crippen molar-refractivity contribution in [1.82, 2.24) is 0 Å². The smallest absolute Gasteiger partial charge is 0.462 e. The molecule has 55 heavy (non-hydrogen) atoms.